The number of carbonyl (C=O) groups excluding carboxylic acids is 3. The summed E-state index contributed by atoms with van der Waals surface area (Å²) in [5, 5.41) is 2.53. The highest BCUT2D eigenvalue weighted by molar-refractivity contribution is 6.15. The van der Waals surface area contributed by atoms with E-state index in [1.54, 1.807) is 36.4 Å². The van der Waals surface area contributed by atoms with Crippen LogP contribution in [0.2, 0.25) is 0 Å². The molecule has 3 rings (SSSR count). The van der Waals surface area contributed by atoms with Crippen LogP contribution in [0.5, 0.6) is 0 Å². The third-order valence-corrected chi connectivity index (χ3v) is 4.37. The molecule has 3 aromatic rings. The van der Waals surface area contributed by atoms with Crippen LogP contribution < -0.4 is 5.32 Å². The van der Waals surface area contributed by atoms with E-state index in [2.05, 4.69) is 5.32 Å². The summed E-state index contributed by atoms with van der Waals surface area (Å²) in [5.41, 5.74) is 2.90. The number of carbonyl (C=O) groups is 3. The molecule has 0 aliphatic heterocycles. The van der Waals surface area contributed by atoms with Crippen molar-refractivity contribution in [3.05, 3.63) is 107 Å². The van der Waals surface area contributed by atoms with Gasteiger partial charge in [-0.3, -0.25) is 14.4 Å². The fourth-order valence-electron chi connectivity index (χ4n) is 2.78. The zero-order chi connectivity index (χ0) is 20.6. The van der Waals surface area contributed by atoms with Gasteiger partial charge in [-0.2, -0.15) is 0 Å². The summed E-state index contributed by atoms with van der Waals surface area (Å²) in [6, 6.07) is 23.0. The van der Waals surface area contributed by atoms with Gasteiger partial charge < -0.3 is 10.1 Å². The summed E-state index contributed by atoms with van der Waals surface area (Å²) >= 11 is 0. The number of aryl methyl sites for hydroxylation is 1. The number of esters is 1. The van der Waals surface area contributed by atoms with Crippen LogP contribution in [0.3, 0.4) is 0 Å². The first-order valence-electron chi connectivity index (χ1n) is 9.23. The molecule has 0 atom stereocenters. The van der Waals surface area contributed by atoms with Gasteiger partial charge in [0.1, 0.15) is 13.2 Å². The molecule has 0 radical (unpaired) electrons. The minimum absolute atomic E-state index is 0.137. The van der Waals surface area contributed by atoms with Crippen LogP contribution in [0.1, 0.15) is 37.4 Å². The van der Waals surface area contributed by atoms with Gasteiger partial charge in [0, 0.05) is 11.1 Å². The maximum Gasteiger partial charge on any atom is 0.325 e. The van der Waals surface area contributed by atoms with Crippen molar-refractivity contribution in [2.24, 2.45) is 0 Å². The normalized spacial score (nSPS) is 10.2. The number of nitrogens with one attached hydrogen (secondary N) is 1. The van der Waals surface area contributed by atoms with Crippen molar-refractivity contribution in [1.29, 1.82) is 0 Å². The third kappa shape index (κ3) is 5.39. The molecule has 146 valence electrons. The van der Waals surface area contributed by atoms with Crippen molar-refractivity contribution in [2.45, 2.75) is 13.5 Å². The lowest BCUT2D eigenvalue weighted by Gasteiger charge is -2.10. The first-order valence-corrected chi connectivity index (χ1v) is 9.23. The molecule has 0 spiro atoms. The van der Waals surface area contributed by atoms with Crippen LogP contribution in [0.25, 0.3) is 0 Å². The average molecular weight is 387 g/mol. The van der Waals surface area contributed by atoms with Gasteiger partial charge in [-0.05, 0) is 18.6 Å². The molecule has 5 heteroatoms. The van der Waals surface area contributed by atoms with Gasteiger partial charge in [-0.1, -0.05) is 78.4 Å². The molecule has 1 amide bonds. The summed E-state index contributed by atoms with van der Waals surface area (Å²) < 4.78 is 5.15. The number of rotatable bonds is 7. The highest BCUT2D eigenvalue weighted by atomic mass is 16.5. The largest absolute Gasteiger partial charge is 0.460 e. The van der Waals surface area contributed by atoms with Gasteiger partial charge in [-0.15, -0.1) is 0 Å². The highest BCUT2D eigenvalue weighted by Gasteiger charge is 2.18. The summed E-state index contributed by atoms with van der Waals surface area (Å²) in [7, 11) is 0. The van der Waals surface area contributed by atoms with Gasteiger partial charge in [-0.25, -0.2) is 0 Å². The predicted octanol–water partition coefficient (Wildman–Crippen LogP) is 3.70. The van der Waals surface area contributed by atoms with Gasteiger partial charge in [0.15, 0.2) is 5.78 Å². The van der Waals surface area contributed by atoms with Crippen molar-refractivity contribution in [3.8, 4) is 0 Å². The van der Waals surface area contributed by atoms with Crippen LogP contribution in [-0.2, 0) is 16.1 Å². The first-order chi connectivity index (χ1) is 14.0. The molecular formula is C24H21NO4. The minimum Gasteiger partial charge on any atom is -0.460 e. The monoisotopic (exact) mass is 387 g/mol. The van der Waals surface area contributed by atoms with Gasteiger partial charge in [0.2, 0.25) is 0 Å². The lowest BCUT2D eigenvalue weighted by Crippen LogP contribution is -2.31. The number of ketones is 1. The average Bonchev–Trinajstić information content (AvgIpc) is 2.76. The van der Waals surface area contributed by atoms with E-state index in [1.807, 2.05) is 49.4 Å². The second-order valence-corrected chi connectivity index (χ2v) is 6.57. The Morgan fingerprint density at radius 3 is 2.10 bits per heavy atom. The number of hydrogen-bond donors (Lipinski definition) is 1. The third-order valence-electron chi connectivity index (χ3n) is 4.37. The standard InChI is InChI=1S/C24H21NO4/c1-17-11-13-19(14-12-17)23(27)20-9-5-6-10-21(20)24(28)25-15-22(26)29-16-18-7-3-2-4-8-18/h2-14H,15-16H2,1H3,(H,25,28). The molecule has 0 saturated heterocycles. The lowest BCUT2D eigenvalue weighted by atomic mass is 9.97. The summed E-state index contributed by atoms with van der Waals surface area (Å²) in [4.78, 5) is 37.3. The van der Waals surface area contributed by atoms with Gasteiger partial charge in [0.05, 0.1) is 5.56 Å². The van der Waals surface area contributed by atoms with Gasteiger partial charge >= 0.3 is 5.97 Å². The Labute approximate surface area is 169 Å². The second-order valence-electron chi connectivity index (χ2n) is 6.57. The van der Waals surface area contributed by atoms with Gasteiger partial charge in [0.25, 0.3) is 5.91 Å². The molecular weight excluding hydrogens is 366 g/mol. The van der Waals surface area contributed by atoms with Crippen molar-refractivity contribution < 1.29 is 19.1 Å². The van der Waals surface area contributed by atoms with Crippen LogP contribution in [0.15, 0.2) is 78.9 Å². The van der Waals surface area contributed by atoms with E-state index in [0.717, 1.165) is 11.1 Å². The first kappa shape index (κ1) is 20.0. The van der Waals surface area contributed by atoms with E-state index in [1.165, 1.54) is 0 Å². The molecule has 29 heavy (non-hydrogen) atoms. The number of benzene rings is 3. The summed E-state index contributed by atoms with van der Waals surface area (Å²) in [6.07, 6.45) is 0. The maximum absolute atomic E-state index is 12.8. The molecule has 0 heterocycles. The van der Waals surface area contributed by atoms with Crippen LogP contribution in [0, 0.1) is 6.92 Å². The molecule has 5 nitrogen and oxygen atoms in total. The zero-order valence-corrected chi connectivity index (χ0v) is 16.1. The maximum atomic E-state index is 12.8. The second kappa shape index (κ2) is 9.46. The Balaban J connectivity index is 1.63. The Kier molecular flexibility index (Phi) is 6.53. The number of amides is 1. The molecule has 0 aliphatic carbocycles. The quantitative estimate of drug-likeness (QED) is 0.496. The van der Waals surface area contributed by atoms with Crippen LogP contribution >= 0.6 is 0 Å². The summed E-state index contributed by atoms with van der Waals surface area (Å²) in [6.45, 7) is 1.79. The summed E-state index contributed by atoms with van der Waals surface area (Å²) in [5.74, 6) is -1.30. The molecule has 1 N–H and O–H groups in total. The molecule has 3 aromatic carbocycles. The Hall–Kier alpha value is -3.73. The lowest BCUT2D eigenvalue weighted by molar-refractivity contribution is -0.143. The molecule has 0 unspecified atom stereocenters. The van der Waals surface area contributed by atoms with E-state index >= 15 is 0 Å². The minimum atomic E-state index is -0.551. The Morgan fingerprint density at radius 1 is 0.793 bits per heavy atom. The fraction of sp³-hybridized carbons (Fsp3) is 0.125. The molecule has 0 aliphatic rings. The molecule has 0 fully saturated rings. The van der Waals surface area contributed by atoms with E-state index in [4.69, 9.17) is 4.74 Å². The Morgan fingerprint density at radius 2 is 1.41 bits per heavy atom. The topological polar surface area (TPSA) is 72.5 Å². The van der Waals surface area contributed by atoms with E-state index in [9.17, 15) is 14.4 Å². The Bertz CT molecular complexity index is 1010. The smallest absolute Gasteiger partial charge is 0.325 e. The van der Waals surface area contributed by atoms with E-state index in [-0.39, 0.29) is 30.1 Å². The number of ether oxygens (including phenoxy) is 1. The SMILES string of the molecule is Cc1ccc(C(=O)c2ccccc2C(=O)NCC(=O)OCc2ccccc2)cc1. The molecule has 0 saturated carbocycles. The predicted molar refractivity (Wildman–Crippen MR) is 110 cm³/mol. The highest BCUT2D eigenvalue weighted by Crippen LogP contribution is 2.15. The zero-order valence-electron chi connectivity index (χ0n) is 16.1. The van der Waals surface area contributed by atoms with Crippen LogP contribution in [0.4, 0.5) is 0 Å². The van der Waals surface area contributed by atoms with E-state index in [0.29, 0.717) is 5.56 Å². The van der Waals surface area contributed by atoms with Crippen molar-refractivity contribution in [2.75, 3.05) is 6.54 Å². The molecule has 0 aromatic heterocycles. The fourth-order valence-corrected chi connectivity index (χ4v) is 2.78. The number of hydrogen-bond acceptors (Lipinski definition) is 4. The van der Waals surface area contributed by atoms with E-state index < -0.39 is 11.9 Å². The van der Waals surface area contributed by atoms with Crippen LogP contribution in [-0.4, -0.2) is 24.2 Å². The van der Waals surface area contributed by atoms with Crippen molar-refractivity contribution in [3.63, 3.8) is 0 Å². The van der Waals surface area contributed by atoms with Crippen molar-refractivity contribution >= 4 is 17.7 Å². The molecule has 0 bridgehead atoms. The van der Waals surface area contributed by atoms with Crippen molar-refractivity contribution in [1.82, 2.24) is 5.32 Å².